The van der Waals surface area contributed by atoms with Crippen molar-refractivity contribution in [1.82, 2.24) is 5.32 Å². The maximum atomic E-state index is 11.1. The van der Waals surface area contributed by atoms with Gasteiger partial charge in [0.05, 0.1) is 11.4 Å². The first-order valence-electron chi connectivity index (χ1n) is 5.29. The maximum Gasteiger partial charge on any atom is 0.226 e. The fraction of sp³-hybridized carbons (Fsp3) is 0.800. The highest BCUT2D eigenvalue weighted by atomic mass is 32.1. The Balaban J connectivity index is 3.16. The Bertz CT molecular complexity index is 198. The van der Waals surface area contributed by atoms with Gasteiger partial charge in [-0.05, 0) is 12.8 Å². The molecular weight excluding hydrogens is 212 g/mol. The van der Waals surface area contributed by atoms with Gasteiger partial charge in [0.25, 0.3) is 0 Å². The lowest BCUT2D eigenvalue weighted by molar-refractivity contribution is -0.119. The molecule has 0 aliphatic carbocycles. The number of thiocarbonyl (C=S) groups is 1. The average molecular weight is 232 g/mol. The second-order valence-electron chi connectivity index (χ2n) is 3.31. The predicted molar refractivity (Wildman–Crippen MR) is 64.8 cm³/mol. The van der Waals surface area contributed by atoms with Crippen molar-refractivity contribution in [3.63, 3.8) is 0 Å². The van der Waals surface area contributed by atoms with E-state index < -0.39 is 0 Å². The number of unbranched alkanes of at least 4 members (excludes halogenated alkanes) is 1. The number of carbonyl (C=O) groups is 1. The molecule has 0 radical (unpaired) electrons. The summed E-state index contributed by atoms with van der Waals surface area (Å²) in [6, 6.07) is 0. The lowest BCUT2D eigenvalue weighted by Gasteiger charge is -2.05. The van der Waals surface area contributed by atoms with Gasteiger partial charge in [0, 0.05) is 19.8 Å². The molecule has 0 fully saturated rings. The van der Waals surface area contributed by atoms with E-state index in [1.807, 2.05) is 0 Å². The molecule has 5 heteroatoms. The fourth-order valence-electron chi connectivity index (χ4n) is 0.971. The van der Waals surface area contributed by atoms with E-state index in [1.54, 1.807) is 0 Å². The minimum absolute atomic E-state index is 0.115. The van der Waals surface area contributed by atoms with Crippen molar-refractivity contribution in [2.45, 2.75) is 32.6 Å². The molecule has 0 bridgehead atoms. The van der Waals surface area contributed by atoms with E-state index in [0.29, 0.717) is 13.2 Å². The first kappa shape index (κ1) is 14.3. The van der Waals surface area contributed by atoms with E-state index in [2.05, 4.69) is 24.5 Å². The maximum absolute atomic E-state index is 11.1. The fourth-order valence-corrected chi connectivity index (χ4v) is 1.10. The molecule has 0 spiro atoms. The molecule has 88 valence electrons. The molecule has 0 atom stereocenters. The largest absolute Gasteiger partial charge is 0.393 e. The van der Waals surface area contributed by atoms with Crippen molar-refractivity contribution in [3.05, 3.63) is 0 Å². The van der Waals surface area contributed by atoms with E-state index >= 15 is 0 Å². The zero-order valence-corrected chi connectivity index (χ0v) is 10.1. The molecule has 4 nitrogen and oxygen atoms in total. The molecule has 0 aromatic carbocycles. The Morgan fingerprint density at radius 1 is 1.40 bits per heavy atom. The SMILES string of the molecule is CCCCOCCCNC(=O)CC(N)=S. The van der Waals surface area contributed by atoms with Crippen LogP contribution in [-0.2, 0) is 9.53 Å². The average Bonchev–Trinajstić information content (AvgIpc) is 2.15. The van der Waals surface area contributed by atoms with Crippen LogP contribution >= 0.6 is 12.2 Å². The summed E-state index contributed by atoms with van der Waals surface area (Å²) in [6.45, 7) is 4.23. The van der Waals surface area contributed by atoms with Crippen LogP contribution in [-0.4, -0.2) is 30.7 Å². The molecule has 0 saturated carbocycles. The number of nitrogens with two attached hydrogens (primary N) is 1. The van der Waals surface area contributed by atoms with Crippen LogP contribution in [0, 0.1) is 0 Å². The zero-order valence-electron chi connectivity index (χ0n) is 9.25. The van der Waals surface area contributed by atoms with Crippen LogP contribution < -0.4 is 11.1 Å². The second-order valence-corrected chi connectivity index (χ2v) is 3.84. The van der Waals surface area contributed by atoms with Crippen molar-refractivity contribution in [2.24, 2.45) is 5.73 Å². The van der Waals surface area contributed by atoms with Crippen molar-refractivity contribution < 1.29 is 9.53 Å². The van der Waals surface area contributed by atoms with Gasteiger partial charge >= 0.3 is 0 Å². The summed E-state index contributed by atoms with van der Waals surface area (Å²) in [5.41, 5.74) is 5.22. The highest BCUT2D eigenvalue weighted by Gasteiger charge is 2.01. The summed E-state index contributed by atoms with van der Waals surface area (Å²) in [6.07, 6.45) is 3.19. The minimum atomic E-state index is -0.115. The van der Waals surface area contributed by atoms with Crippen LogP contribution in [0.5, 0.6) is 0 Å². The van der Waals surface area contributed by atoms with Crippen LogP contribution in [0.15, 0.2) is 0 Å². The molecule has 0 rings (SSSR count). The lowest BCUT2D eigenvalue weighted by atomic mass is 10.3. The van der Waals surface area contributed by atoms with Gasteiger partial charge in [-0.15, -0.1) is 0 Å². The quantitative estimate of drug-likeness (QED) is 0.459. The summed E-state index contributed by atoms with van der Waals surface area (Å²) in [5, 5.41) is 2.72. The normalized spacial score (nSPS) is 9.93. The van der Waals surface area contributed by atoms with Gasteiger partial charge in [0.1, 0.15) is 0 Å². The van der Waals surface area contributed by atoms with Crippen molar-refractivity contribution in [1.29, 1.82) is 0 Å². The molecule has 15 heavy (non-hydrogen) atoms. The van der Waals surface area contributed by atoms with Gasteiger partial charge in [-0.25, -0.2) is 0 Å². The first-order valence-corrected chi connectivity index (χ1v) is 5.70. The smallest absolute Gasteiger partial charge is 0.226 e. The summed E-state index contributed by atoms with van der Waals surface area (Å²) < 4.78 is 5.34. The number of nitrogens with one attached hydrogen (secondary N) is 1. The highest BCUT2D eigenvalue weighted by Crippen LogP contribution is 1.89. The van der Waals surface area contributed by atoms with E-state index in [0.717, 1.165) is 25.9 Å². The van der Waals surface area contributed by atoms with E-state index in [9.17, 15) is 4.79 Å². The molecule has 0 unspecified atom stereocenters. The van der Waals surface area contributed by atoms with Gasteiger partial charge in [-0.1, -0.05) is 25.6 Å². The highest BCUT2D eigenvalue weighted by molar-refractivity contribution is 7.80. The van der Waals surface area contributed by atoms with E-state index in [-0.39, 0.29) is 17.3 Å². The molecule has 0 aliphatic rings. The number of rotatable bonds is 9. The number of hydrogen-bond acceptors (Lipinski definition) is 3. The van der Waals surface area contributed by atoms with Gasteiger partial charge in [-0.2, -0.15) is 0 Å². The van der Waals surface area contributed by atoms with E-state index in [4.69, 9.17) is 10.5 Å². The molecule has 3 N–H and O–H groups in total. The monoisotopic (exact) mass is 232 g/mol. The van der Waals surface area contributed by atoms with Gasteiger partial charge < -0.3 is 15.8 Å². The summed E-state index contributed by atoms with van der Waals surface area (Å²) >= 11 is 4.61. The number of amides is 1. The van der Waals surface area contributed by atoms with Crippen LogP contribution in [0.25, 0.3) is 0 Å². The Kier molecular flexibility index (Phi) is 9.41. The van der Waals surface area contributed by atoms with Crippen molar-refractivity contribution in [3.8, 4) is 0 Å². The molecule has 0 aromatic heterocycles. The summed E-state index contributed by atoms with van der Waals surface area (Å²) in [7, 11) is 0. The lowest BCUT2D eigenvalue weighted by Crippen LogP contribution is -2.28. The van der Waals surface area contributed by atoms with Gasteiger partial charge in [-0.3, -0.25) is 4.79 Å². The summed E-state index contributed by atoms with van der Waals surface area (Å²) in [5.74, 6) is -0.115. The number of hydrogen-bond donors (Lipinski definition) is 2. The zero-order chi connectivity index (χ0) is 11.5. The standard InChI is InChI=1S/C10H20N2O2S/c1-2-3-6-14-7-4-5-12-10(13)8-9(11)15/h2-8H2,1H3,(H2,11,15)(H,12,13). The molecule has 0 aromatic rings. The van der Waals surface area contributed by atoms with Crippen LogP contribution in [0.2, 0.25) is 0 Å². The van der Waals surface area contributed by atoms with Crippen LogP contribution in [0.1, 0.15) is 32.6 Å². The Morgan fingerprint density at radius 2 is 2.07 bits per heavy atom. The third-order valence-corrected chi connectivity index (χ3v) is 1.91. The predicted octanol–water partition coefficient (Wildman–Crippen LogP) is 0.986. The van der Waals surface area contributed by atoms with Gasteiger partial charge in [0.15, 0.2) is 0 Å². The molecule has 0 heterocycles. The van der Waals surface area contributed by atoms with Crippen molar-refractivity contribution in [2.75, 3.05) is 19.8 Å². The van der Waals surface area contributed by atoms with Crippen LogP contribution in [0.4, 0.5) is 0 Å². The number of ether oxygens (including phenoxy) is 1. The number of carbonyl (C=O) groups excluding carboxylic acids is 1. The molecule has 1 amide bonds. The Hall–Kier alpha value is -0.680. The Labute approximate surface area is 96.5 Å². The molecular formula is C10H20N2O2S. The summed E-state index contributed by atoms with van der Waals surface area (Å²) in [4.78, 5) is 11.3. The minimum Gasteiger partial charge on any atom is -0.393 e. The first-order chi connectivity index (χ1) is 7.16. The van der Waals surface area contributed by atoms with Gasteiger partial charge in [0.2, 0.25) is 5.91 Å². The van der Waals surface area contributed by atoms with Crippen molar-refractivity contribution >= 4 is 23.1 Å². The third-order valence-electron chi connectivity index (χ3n) is 1.76. The molecule has 0 saturated heterocycles. The topological polar surface area (TPSA) is 64.3 Å². The third kappa shape index (κ3) is 11.2. The Morgan fingerprint density at radius 3 is 2.67 bits per heavy atom. The molecule has 0 aliphatic heterocycles. The van der Waals surface area contributed by atoms with E-state index in [1.165, 1.54) is 0 Å². The van der Waals surface area contributed by atoms with Crippen LogP contribution in [0.3, 0.4) is 0 Å². The second kappa shape index (κ2) is 9.86.